The molecule has 1 aliphatic rings. The van der Waals surface area contributed by atoms with E-state index in [1.54, 1.807) is 13.2 Å². The average molecular weight is 267 g/mol. The van der Waals surface area contributed by atoms with Crippen LogP contribution in [0.15, 0.2) is 18.2 Å². The quantitative estimate of drug-likeness (QED) is 0.892. The standard InChI is InChI=1S/C15H22FNO2/c1-18-14-3-2-4-15(8-14)19-10-11-5-6-13(16)7-12(11)9-17/h5-7,14-15H,2-4,8-10,17H2,1H3. The second-order valence-corrected chi connectivity index (χ2v) is 5.07. The molecular weight excluding hydrogens is 245 g/mol. The molecule has 0 aliphatic heterocycles. The molecule has 0 aromatic heterocycles. The summed E-state index contributed by atoms with van der Waals surface area (Å²) in [6.45, 7) is 0.829. The van der Waals surface area contributed by atoms with Crippen LogP contribution in [0.4, 0.5) is 4.39 Å². The van der Waals surface area contributed by atoms with Gasteiger partial charge >= 0.3 is 0 Å². The van der Waals surface area contributed by atoms with Crippen LogP contribution >= 0.6 is 0 Å². The van der Waals surface area contributed by atoms with E-state index in [0.29, 0.717) is 19.3 Å². The molecule has 0 radical (unpaired) electrons. The Kier molecular flexibility index (Phi) is 5.31. The summed E-state index contributed by atoms with van der Waals surface area (Å²) in [5.74, 6) is -0.249. The van der Waals surface area contributed by atoms with Crippen LogP contribution in [0.5, 0.6) is 0 Å². The molecule has 0 saturated heterocycles. The molecule has 1 aromatic carbocycles. The van der Waals surface area contributed by atoms with Crippen LogP contribution in [0.3, 0.4) is 0 Å². The fraction of sp³-hybridized carbons (Fsp3) is 0.600. The van der Waals surface area contributed by atoms with E-state index in [2.05, 4.69) is 0 Å². The van der Waals surface area contributed by atoms with Gasteiger partial charge in [-0.15, -0.1) is 0 Å². The Labute approximate surface area is 113 Å². The van der Waals surface area contributed by atoms with Crippen molar-refractivity contribution in [3.63, 3.8) is 0 Å². The second-order valence-electron chi connectivity index (χ2n) is 5.07. The maximum absolute atomic E-state index is 13.1. The van der Waals surface area contributed by atoms with Crippen LogP contribution in [0.1, 0.15) is 36.8 Å². The van der Waals surface area contributed by atoms with Gasteiger partial charge in [-0.3, -0.25) is 0 Å². The van der Waals surface area contributed by atoms with Crippen LogP contribution in [-0.2, 0) is 22.6 Å². The number of hydrogen-bond acceptors (Lipinski definition) is 3. The Morgan fingerprint density at radius 2 is 2.05 bits per heavy atom. The molecule has 1 saturated carbocycles. The summed E-state index contributed by atoms with van der Waals surface area (Å²) in [6, 6.07) is 4.70. The summed E-state index contributed by atoms with van der Waals surface area (Å²) < 4.78 is 24.4. The zero-order valence-corrected chi connectivity index (χ0v) is 11.4. The highest BCUT2D eigenvalue weighted by Crippen LogP contribution is 2.24. The van der Waals surface area contributed by atoms with Crippen molar-refractivity contribution in [3.8, 4) is 0 Å². The fourth-order valence-electron chi connectivity index (χ4n) is 2.60. The van der Waals surface area contributed by atoms with Crippen molar-refractivity contribution < 1.29 is 13.9 Å². The number of nitrogens with two attached hydrogens (primary N) is 1. The van der Waals surface area contributed by atoms with Crippen molar-refractivity contribution in [3.05, 3.63) is 35.1 Å². The summed E-state index contributed by atoms with van der Waals surface area (Å²) >= 11 is 0. The molecular formula is C15H22FNO2. The summed E-state index contributed by atoms with van der Waals surface area (Å²) in [4.78, 5) is 0. The Bertz CT molecular complexity index is 411. The van der Waals surface area contributed by atoms with E-state index in [-0.39, 0.29) is 11.9 Å². The number of halogens is 1. The molecule has 2 N–H and O–H groups in total. The molecule has 19 heavy (non-hydrogen) atoms. The molecule has 0 spiro atoms. The van der Waals surface area contributed by atoms with Crippen molar-refractivity contribution in [2.45, 2.75) is 51.0 Å². The van der Waals surface area contributed by atoms with Crippen molar-refractivity contribution in [1.82, 2.24) is 0 Å². The Morgan fingerprint density at radius 1 is 1.26 bits per heavy atom. The van der Waals surface area contributed by atoms with Gasteiger partial charge in [-0.05, 0) is 48.9 Å². The molecule has 3 nitrogen and oxygen atoms in total. The number of ether oxygens (including phenoxy) is 2. The molecule has 2 rings (SSSR count). The first kappa shape index (κ1) is 14.4. The van der Waals surface area contributed by atoms with E-state index in [1.807, 2.05) is 0 Å². The molecule has 1 aromatic rings. The number of hydrogen-bond donors (Lipinski definition) is 1. The van der Waals surface area contributed by atoms with Crippen molar-refractivity contribution in [2.24, 2.45) is 5.73 Å². The van der Waals surface area contributed by atoms with E-state index in [1.165, 1.54) is 12.1 Å². The van der Waals surface area contributed by atoms with E-state index in [0.717, 1.165) is 36.8 Å². The van der Waals surface area contributed by atoms with Gasteiger partial charge in [0.15, 0.2) is 0 Å². The van der Waals surface area contributed by atoms with Gasteiger partial charge in [-0.1, -0.05) is 6.07 Å². The lowest BCUT2D eigenvalue weighted by Crippen LogP contribution is -2.27. The fourth-order valence-corrected chi connectivity index (χ4v) is 2.60. The zero-order chi connectivity index (χ0) is 13.7. The molecule has 2 unspecified atom stereocenters. The van der Waals surface area contributed by atoms with Crippen molar-refractivity contribution >= 4 is 0 Å². The van der Waals surface area contributed by atoms with Gasteiger partial charge in [0.05, 0.1) is 18.8 Å². The van der Waals surface area contributed by atoms with E-state index < -0.39 is 0 Å². The van der Waals surface area contributed by atoms with Crippen molar-refractivity contribution in [2.75, 3.05) is 7.11 Å². The van der Waals surface area contributed by atoms with Crippen molar-refractivity contribution in [1.29, 1.82) is 0 Å². The van der Waals surface area contributed by atoms with Gasteiger partial charge in [0.2, 0.25) is 0 Å². The number of methoxy groups -OCH3 is 1. The largest absolute Gasteiger partial charge is 0.381 e. The normalized spacial score (nSPS) is 23.5. The second kappa shape index (κ2) is 6.98. The van der Waals surface area contributed by atoms with E-state index in [4.69, 9.17) is 15.2 Å². The van der Waals surface area contributed by atoms with Gasteiger partial charge in [-0.25, -0.2) is 4.39 Å². The lowest BCUT2D eigenvalue weighted by molar-refractivity contribution is -0.0365. The molecule has 0 amide bonds. The summed E-state index contributed by atoms with van der Waals surface area (Å²) in [6.07, 6.45) is 4.79. The third kappa shape index (κ3) is 4.00. The van der Waals surface area contributed by atoms with Crippen LogP contribution in [0.25, 0.3) is 0 Å². The smallest absolute Gasteiger partial charge is 0.123 e. The Hall–Kier alpha value is -0.970. The van der Waals surface area contributed by atoms with E-state index in [9.17, 15) is 4.39 Å². The van der Waals surface area contributed by atoms with Gasteiger partial charge in [0.1, 0.15) is 5.82 Å². The maximum atomic E-state index is 13.1. The average Bonchev–Trinajstić information content (AvgIpc) is 2.46. The monoisotopic (exact) mass is 267 g/mol. The lowest BCUT2D eigenvalue weighted by Gasteiger charge is -2.28. The minimum Gasteiger partial charge on any atom is -0.381 e. The van der Waals surface area contributed by atoms with Crippen LogP contribution in [-0.4, -0.2) is 19.3 Å². The Morgan fingerprint density at radius 3 is 2.79 bits per heavy atom. The van der Waals surface area contributed by atoms with Crippen LogP contribution in [0, 0.1) is 5.82 Å². The summed E-state index contributed by atoms with van der Waals surface area (Å²) in [5, 5.41) is 0. The third-order valence-corrected chi connectivity index (χ3v) is 3.77. The van der Waals surface area contributed by atoms with Gasteiger partial charge in [0.25, 0.3) is 0 Å². The lowest BCUT2D eigenvalue weighted by atomic mass is 9.95. The first-order valence-corrected chi connectivity index (χ1v) is 6.84. The van der Waals surface area contributed by atoms with Crippen LogP contribution in [0.2, 0.25) is 0 Å². The first-order valence-electron chi connectivity index (χ1n) is 6.84. The first-order chi connectivity index (χ1) is 9.22. The van der Waals surface area contributed by atoms with E-state index >= 15 is 0 Å². The molecule has 106 valence electrons. The SMILES string of the molecule is COC1CCCC(OCc2ccc(F)cc2CN)C1. The summed E-state index contributed by atoms with van der Waals surface area (Å²) in [5.41, 5.74) is 7.42. The minimum atomic E-state index is -0.249. The van der Waals surface area contributed by atoms with Gasteiger partial charge < -0.3 is 15.2 Å². The maximum Gasteiger partial charge on any atom is 0.123 e. The molecule has 1 fully saturated rings. The molecule has 0 heterocycles. The summed E-state index contributed by atoms with van der Waals surface area (Å²) in [7, 11) is 1.75. The zero-order valence-electron chi connectivity index (χ0n) is 11.4. The highest BCUT2D eigenvalue weighted by Gasteiger charge is 2.22. The molecule has 1 aliphatic carbocycles. The highest BCUT2D eigenvalue weighted by atomic mass is 19.1. The topological polar surface area (TPSA) is 44.5 Å². The highest BCUT2D eigenvalue weighted by molar-refractivity contribution is 5.27. The van der Waals surface area contributed by atoms with Crippen LogP contribution < -0.4 is 5.73 Å². The molecule has 4 heteroatoms. The minimum absolute atomic E-state index is 0.231. The predicted molar refractivity (Wildman–Crippen MR) is 72.1 cm³/mol. The molecule has 2 atom stereocenters. The predicted octanol–water partition coefficient (Wildman–Crippen LogP) is 2.76. The number of benzene rings is 1. The third-order valence-electron chi connectivity index (χ3n) is 3.77. The Balaban J connectivity index is 1.91. The number of rotatable bonds is 5. The molecule has 0 bridgehead atoms. The van der Waals surface area contributed by atoms with Gasteiger partial charge in [-0.2, -0.15) is 0 Å². The van der Waals surface area contributed by atoms with Gasteiger partial charge in [0, 0.05) is 13.7 Å².